The molecule has 2 aliphatic carbocycles. The highest BCUT2D eigenvalue weighted by Crippen LogP contribution is 2.46. The van der Waals surface area contributed by atoms with Crippen molar-refractivity contribution in [1.82, 2.24) is 0 Å². The summed E-state index contributed by atoms with van der Waals surface area (Å²) in [7, 11) is 0. The number of hydrogen-bond acceptors (Lipinski definition) is 1. The van der Waals surface area contributed by atoms with Gasteiger partial charge in [0.05, 0.1) is 0 Å². The van der Waals surface area contributed by atoms with Gasteiger partial charge in [-0.05, 0) is 43.9 Å². The van der Waals surface area contributed by atoms with Crippen molar-refractivity contribution in [2.45, 2.75) is 89.5 Å². The molecular formula is C16H31N. The van der Waals surface area contributed by atoms with Crippen molar-refractivity contribution < 1.29 is 0 Å². The van der Waals surface area contributed by atoms with Gasteiger partial charge in [-0.25, -0.2) is 0 Å². The van der Waals surface area contributed by atoms with Crippen LogP contribution in [0.4, 0.5) is 0 Å². The Bertz CT molecular complexity index is 222. The van der Waals surface area contributed by atoms with Crippen LogP contribution in [0.5, 0.6) is 0 Å². The predicted octanol–water partition coefficient (Wildman–Crippen LogP) is 4.64. The molecule has 0 radical (unpaired) electrons. The van der Waals surface area contributed by atoms with Crippen LogP contribution in [-0.2, 0) is 0 Å². The van der Waals surface area contributed by atoms with Crippen molar-refractivity contribution in [3.05, 3.63) is 0 Å². The van der Waals surface area contributed by atoms with Gasteiger partial charge in [-0.2, -0.15) is 0 Å². The molecule has 2 atom stereocenters. The lowest BCUT2D eigenvalue weighted by Gasteiger charge is -2.38. The van der Waals surface area contributed by atoms with E-state index in [0.29, 0.717) is 0 Å². The molecule has 0 bridgehead atoms. The Morgan fingerprint density at radius 3 is 2.47 bits per heavy atom. The van der Waals surface area contributed by atoms with E-state index in [1.807, 2.05) is 0 Å². The second kappa shape index (κ2) is 6.22. The first kappa shape index (κ1) is 13.4. The summed E-state index contributed by atoms with van der Waals surface area (Å²) >= 11 is 0. The highest BCUT2D eigenvalue weighted by Gasteiger charge is 2.39. The zero-order chi connectivity index (χ0) is 12.1. The molecule has 2 aliphatic rings. The van der Waals surface area contributed by atoms with E-state index in [1.165, 1.54) is 77.0 Å². The molecule has 0 saturated heterocycles. The summed E-state index contributed by atoms with van der Waals surface area (Å²) in [6.45, 7) is 2.28. The fraction of sp³-hybridized carbons (Fsp3) is 1.00. The first-order valence-electron chi connectivity index (χ1n) is 8.02. The van der Waals surface area contributed by atoms with Crippen LogP contribution in [0.25, 0.3) is 0 Å². The van der Waals surface area contributed by atoms with Crippen LogP contribution in [0, 0.1) is 11.8 Å². The first-order valence-corrected chi connectivity index (χ1v) is 8.02. The lowest BCUT2D eigenvalue weighted by atomic mass is 9.72. The summed E-state index contributed by atoms with van der Waals surface area (Å²) in [6.07, 6.45) is 16.7. The Morgan fingerprint density at radius 1 is 1.00 bits per heavy atom. The van der Waals surface area contributed by atoms with Crippen molar-refractivity contribution in [2.75, 3.05) is 0 Å². The molecule has 100 valence electrons. The molecule has 2 saturated carbocycles. The molecule has 2 rings (SSSR count). The highest BCUT2D eigenvalue weighted by molar-refractivity contribution is 4.95. The predicted molar refractivity (Wildman–Crippen MR) is 75.0 cm³/mol. The van der Waals surface area contributed by atoms with Gasteiger partial charge < -0.3 is 5.73 Å². The maximum Gasteiger partial charge on any atom is 0.0157 e. The van der Waals surface area contributed by atoms with Crippen molar-refractivity contribution in [1.29, 1.82) is 0 Å². The van der Waals surface area contributed by atoms with E-state index in [-0.39, 0.29) is 5.54 Å². The molecule has 0 spiro atoms. The SMILES string of the molecule is CCCCCCCC1(N)CCCC(C2CC2)C1. The molecule has 0 aliphatic heterocycles. The van der Waals surface area contributed by atoms with Crippen LogP contribution in [0.1, 0.15) is 84.0 Å². The van der Waals surface area contributed by atoms with Crippen LogP contribution >= 0.6 is 0 Å². The largest absolute Gasteiger partial charge is 0.325 e. The summed E-state index contributed by atoms with van der Waals surface area (Å²) in [6, 6.07) is 0. The smallest absolute Gasteiger partial charge is 0.0157 e. The molecule has 0 amide bonds. The first-order chi connectivity index (χ1) is 8.23. The second-order valence-corrected chi connectivity index (χ2v) is 6.72. The van der Waals surface area contributed by atoms with E-state index >= 15 is 0 Å². The third-order valence-electron chi connectivity index (χ3n) is 4.99. The second-order valence-electron chi connectivity index (χ2n) is 6.72. The number of nitrogens with two attached hydrogens (primary N) is 1. The third kappa shape index (κ3) is 4.28. The summed E-state index contributed by atoms with van der Waals surface area (Å²) in [5, 5.41) is 0. The van der Waals surface area contributed by atoms with Crippen LogP contribution in [0.15, 0.2) is 0 Å². The number of rotatable bonds is 7. The van der Waals surface area contributed by atoms with Crippen LogP contribution < -0.4 is 5.73 Å². The minimum Gasteiger partial charge on any atom is -0.325 e. The fourth-order valence-electron chi connectivity index (χ4n) is 3.72. The third-order valence-corrected chi connectivity index (χ3v) is 4.99. The molecule has 17 heavy (non-hydrogen) atoms. The topological polar surface area (TPSA) is 26.0 Å². The lowest BCUT2D eigenvalue weighted by Crippen LogP contribution is -2.44. The van der Waals surface area contributed by atoms with Gasteiger partial charge in [0.25, 0.3) is 0 Å². The maximum atomic E-state index is 6.63. The molecule has 0 aromatic rings. The van der Waals surface area contributed by atoms with Gasteiger partial charge in [0.1, 0.15) is 0 Å². The minimum atomic E-state index is 0.220. The summed E-state index contributed by atoms with van der Waals surface area (Å²) in [5.41, 5.74) is 6.85. The Morgan fingerprint density at radius 2 is 1.76 bits per heavy atom. The molecular weight excluding hydrogens is 206 g/mol. The molecule has 0 aromatic heterocycles. The summed E-state index contributed by atoms with van der Waals surface area (Å²) in [4.78, 5) is 0. The maximum absolute atomic E-state index is 6.63. The van der Waals surface area contributed by atoms with Gasteiger partial charge in [0.15, 0.2) is 0 Å². The molecule has 1 nitrogen and oxygen atoms in total. The average Bonchev–Trinajstić information content (AvgIpc) is 3.12. The van der Waals surface area contributed by atoms with Gasteiger partial charge in [0.2, 0.25) is 0 Å². The van der Waals surface area contributed by atoms with Crippen molar-refractivity contribution in [3.63, 3.8) is 0 Å². The molecule has 1 heteroatoms. The fourth-order valence-corrected chi connectivity index (χ4v) is 3.72. The Hall–Kier alpha value is -0.0400. The average molecular weight is 237 g/mol. The van der Waals surface area contributed by atoms with Crippen molar-refractivity contribution in [2.24, 2.45) is 17.6 Å². The molecule has 0 aromatic carbocycles. The molecule has 0 heterocycles. The van der Waals surface area contributed by atoms with E-state index < -0.39 is 0 Å². The zero-order valence-corrected chi connectivity index (χ0v) is 11.7. The van der Waals surface area contributed by atoms with Gasteiger partial charge in [-0.1, -0.05) is 51.9 Å². The molecule has 2 fully saturated rings. The van der Waals surface area contributed by atoms with Gasteiger partial charge in [0, 0.05) is 5.54 Å². The Labute approximate surface area is 108 Å². The zero-order valence-electron chi connectivity index (χ0n) is 11.7. The van der Waals surface area contributed by atoms with E-state index in [9.17, 15) is 0 Å². The lowest BCUT2D eigenvalue weighted by molar-refractivity contribution is 0.191. The van der Waals surface area contributed by atoms with Crippen molar-refractivity contribution in [3.8, 4) is 0 Å². The minimum absolute atomic E-state index is 0.220. The van der Waals surface area contributed by atoms with Gasteiger partial charge in [-0.15, -0.1) is 0 Å². The Balaban J connectivity index is 1.66. The monoisotopic (exact) mass is 237 g/mol. The summed E-state index contributed by atoms with van der Waals surface area (Å²) in [5.74, 6) is 2.06. The number of hydrogen-bond donors (Lipinski definition) is 1. The molecule has 2 unspecified atom stereocenters. The van der Waals surface area contributed by atoms with Crippen LogP contribution in [-0.4, -0.2) is 5.54 Å². The van der Waals surface area contributed by atoms with E-state index in [4.69, 9.17) is 5.73 Å². The Kier molecular flexibility index (Phi) is 4.90. The van der Waals surface area contributed by atoms with E-state index in [1.54, 1.807) is 0 Å². The molecule has 2 N–H and O–H groups in total. The van der Waals surface area contributed by atoms with Crippen molar-refractivity contribution >= 4 is 0 Å². The standard InChI is InChI=1S/C16H31N/c1-2-3-4-5-6-11-16(17)12-7-8-15(13-16)14-9-10-14/h14-15H,2-13,17H2,1H3. The number of unbranched alkanes of at least 4 members (excludes halogenated alkanes) is 4. The quantitative estimate of drug-likeness (QED) is 0.641. The normalized spacial score (nSPS) is 33.9. The summed E-state index contributed by atoms with van der Waals surface area (Å²) < 4.78 is 0. The van der Waals surface area contributed by atoms with Gasteiger partial charge in [-0.3, -0.25) is 0 Å². The van der Waals surface area contributed by atoms with E-state index in [0.717, 1.165) is 11.8 Å². The van der Waals surface area contributed by atoms with Crippen LogP contribution in [0.2, 0.25) is 0 Å². The van der Waals surface area contributed by atoms with E-state index in [2.05, 4.69) is 6.92 Å². The van der Waals surface area contributed by atoms with Gasteiger partial charge >= 0.3 is 0 Å². The highest BCUT2D eigenvalue weighted by atomic mass is 14.7. The van der Waals surface area contributed by atoms with Crippen LogP contribution in [0.3, 0.4) is 0 Å².